The molecule has 1 aliphatic rings. The minimum atomic E-state index is -0.986. The predicted molar refractivity (Wildman–Crippen MR) is 185 cm³/mol. The lowest BCUT2D eigenvalue weighted by Crippen LogP contribution is -2.53. The van der Waals surface area contributed by atoms with Crippen LogP contribution in [0.4, 0.5) is 9.59 Å². The third-order valence-corrected chi connectivity index (χ3v) is 8.61. The first-order chi connectivity index (χ1) is 22.9. The molecule has 1 aliphatic heterocycles. The monoisotopic (exact) mass is 654 g/mol. The number of carbonyl (C=O) groups excluding carboxylic acids is 4. The zero-order valence-electron chi connectivity index (χ0n) is 28.5. The van der Waals surface area contributed by atoms with E-state index in [1.165, 1.54) is 4.90 Å². The summed E-state index contributed by atoms with van der Waals surface area (Å²) in [5.41, 5.74) is 1.46. The van der Waals surface area contributed by atoms with Crippen LogP contribution in [0.5, 0.6) is 0 Å². The predicted octanol–water partition coefficient (Wildman–Crippen LogP) is 7.40. The number of benzene rings is 3. The van der Waals surface area contributed by atoms with Gasteiger partial charge in [-0.05, 0) is 75.8 Å². The molecule has 10 heteroatoms. The van der Waals surface area contributed by atoms with E-state index in [4.69, 9.17) is 9.15 Å². The van der Waals surface area contributed by atoms with Gasteiger partial charge < -0.3 is 19.4 Å². The van der Waals surface area contributed by atoms with E-state index in [1.807, 2.05) is 95.3 Å². The van der Waals surface area contributed by atoms with Crippen molar-refractivity contribution >= 4 is 45.7 Å². The number of Topliss-reactive ketones (excluding diaryl/α,β-unsaturated/α-hetero) is 1. The lowest BCUT2D eigenvalue weighted by molar-refractivity contribution is -0.134. The molecule has 1 fully saturated rings. The summed E-state index contributed by atoms with van der Waals surface area (Å²) < 4.78 is 11.5. The standard InChI is InChI=1S/C38H46N4O6/c1-25(2)19-24-42(35(44)28-20-22-41(23-21-28)37(46)48-38(3,4)5)36(45)39-30(17-15-26-11-7-6-8-12-26)33(43)34-40-32-29-14-10-9-13-27(29)16-18-31(32)47-34/h6-14,16,18,25,28,30H,15,17,19-24H2,1-5H3,(H,39,45)/t30-/m0/s1. The molecule has 0 radical (unpaired) electrons. The van der Waals surface area contributed by atoms with Crippen LogP contribution < -0.4 is 5.32 Å². The van der Waals surface area contributed by atoms with Crippen molar-refractivity contribution in [1.82, 2.24) is 20.1 Å². The molecule has 1 N–H and O–H groups in total. The van der Waals surface area contributed by atoms with Crippen LogP contribution in [-0.4, -0.2) is 69.9 Å². The first-order valence-corrected chi connectivity index (χ1v) is 16.9. The number of aromatic nitrogens is 1. The number of likely N-dealkylation sites (tertiary alicyclic amines) is 1. The largest absolute Gasteiger partial charge is 0.444 e. The Labute approximate surface area is 281 Å². The van der Waals surface area contributed by atoms with Crippen molar-refractivity contribution in [2.24, 2.45) is 11.8 Å². The van der Waals surface area contributed by atoms with Crippen molar-refractivity contribution in [3.63, 3.8) is 0 Å². The molecule has 4 aromatic rings. The highest BCUT2D eigenvalue weighted by Crippen LogP contribution is 2.27. The third-order valence-electron chi connectivity index (χ3n) is 8.61. The Kier molecular flexibility index (Phi) is 10.8. The minimum Gasteiger partial charge on any atom is -0.444 e. The smallest absolute Gasteiger partial charge is 0.410 e. The van der Waals surface area contributed by atoms with Crippen molar-refractivity contribution in [3.05, 3.63) is 78.2 Å². The summed E-state index contributed by atoms with van der Waals surface area (Å²) in [6.07, 6.45) is 1.83. The molecule has 5 rings (SSSR count). The number of amides is 4. The van der Waals surface area contributed by atoms with Crippen molar-refractivity contribution in [1.29, 1.82) is 0 Å². The highest BCUT2D eigenvalue weighted by Gasteiger charge is 2.36. The number of rotatable bonds is 10. The molecule has 2 heterocycles. The number of aryl methyl sites for hydroxylation is 1. The van der Waals surface area contributed by atoms with Gasteiger partial charge in [0.05, 0.1) is 6.04 Å². The second-order valence-electron chi connectivity index (χ2n) is 14.0. The zero-order chi connectivity index (χ0) is 34.4. The summed E-state index contributed by atoms with van der Waals surface area (Å²) in [5.74, 6) is -1.05. The first-order valence-electron chi connectivity index (χ1n) is 16.9. The number of oxazole rings is 1. The maximum atomic E-state index is 14.0. The molecule has 0 aliphatic carbocycles. The Morgan fingerprint density at radius 2 is 1.65 bits per heavy atom. The normalized spacial score (nSPS) is 14.7. The van der Waals surface area contributed by atoms with Gasteiger partial charge in [0.15, 0.2) is 5.58 Å². The number of urea groups is 1. The van der Waals surface area contributed by atoms with E-state index < -0.39 is 35.5 Å². The van der Waals surface area contributed by atoms with Crippen LogP contribution in [0.3, 0.4) is 0 Å². The fraction of sp³-hybridized carbons (Fsp3) is 0.447. The van der Waals surface area contributed by atoms with E-state index in [1.54, 1.807) is 11.0 Å². The van der Waals surface area contributed by atoms with E-state index in [9.17, 15) is 19.2 Å². The molecule has 1 atom stereocenters. The van der Waals surface area contributed by atoms with Crippen molar-refractivity contribution < 1.29 is 28.3 Å². The van der Waals surface area contributed by atoms with Gasteiger partial charge in [-0.2, -0.15) is 0 Å². The van der Waals surface area contributed by atoms with Gasteiger partial charge in [-0.3, -0.25) is 14.5 Å². The summed E-state index contributed by atoms with van der Waals surface area (Å²) in [7, 11) is 0. The highest BCUT2D eigenvalue weighted by molar-refractivity contribution is 6.07. The molecule has 4 amide bonds. The molecular formula is C38H46N4O6. The van der Waals surface area contributed by atoms with E-state index in [0.717, 1.165) is 16.3 Å². The van der Waals surface area contributed by atoms with Gasteiger partial charge in [0.1, 0.15) is 11.1 Å². The summed E-state index contributed by atoms with van der Waals surface area (Å²) in [5, 5.41) is 4.74. The number of carbonyl (C=O) groups is 4. The quantitative estimate of drug-likeness (QED) is 0.177. The number of ketones is 1. The van der Waals surface area contributed by atoms with Crippen LogP contribution in [0.1, 0.15) is 76.6 Å². The molecule has 0 spiro atoms. The number of hydrogen-bond acceptors (Lipinski definition) is 7. The number of piperidine rings is 1. The van der Waals surface area contributed by atoms with E-state index in [-0.39, 0.29) is 30.7 Å². The molecule has 0 bridgehead atoms. The molecule has 48 heavy (non-hydrogen) atoms. The molecule has 254 valence electrons. The van der Waals surface area contributed by atoms with Crippen LogP contribution in [-0.2, 0) is 16.0 Å². The van der Waals surface area contributed by atoms with Gasteiger partial charge in [-0.25, -0.2) is 14.6 Å². The van der Waals surface area contributed by atoms with Gasteiger partial charge in [0, 0.05) is 30.9 Å². The number of hydrogen-bond donors (Lipinski definition) is 1. The topological polar surface area (TPSA) is 122 Å². The molecule has 1 saturated heterocycles. The minimum absolute atomic E-state index is 0.0886. The number of imide groups is 1. The molecule has 0 saturated carbocycles. The lowest BCUT2D eigenvalue weighted by Gasteiger charge is -2.35. The Bertz CT molecular complexity index is 1750. The Morgan fingerprint density at radius 1 is 0.958 bits per heavy atom. The van der Waals surface area contributed by atoms with E-state index in [0.29, 0.717) is 49.9 Å². The number of nitrogens with zero attached hydrogens (tertiary/aromatic N) is 3. The summed E-state index contributed by atoms with van der Waals surface area (Å²) in [6, 6.07) is 19.6. The van der Waals surface area contributed by atoms with Crippen LogP contribution >= 0.6 is 0 Å². The fourth-order valence-corrected chi connectivity index (χ4v) is 5.92. The number of ether oxygens (including phenoxy) is 1. The maximum Gasteiger partial charge on any atom is 0.410 e. The summed E-state index contributed by atoms with van der Waals surface area (Å²) >= 11 is 0. The Morgan fingerprint density at radius 3 is 2.33 bits per heavy atom. The average Bonchev–Trinajstić information content (AvgIpc) is 3.51. The van der Waals surface area contributed by atoms with Crippen LogP contribution in [0.2, 0.25) is 0 Å². The van der Waals surface area contributed by atoms with Crippen LogP contribution in [0.25, 0.3) is 21.9 Å². The van der Waals surface area contributed by atoms with Crippen LogP contribution in [0, 0.1) is 11.8 Å². The Hall–Kier alpha value is -4.73. The van der Waals surface area contributed by atoms with E-state index >= 15 is 0 Å². The number of nitrogens with one attached hydrogen (secondary N) is 1. The second-order valence-corrected chi connectivity index (χ2v) is 14.0. The maximum absolute atomic E-state index is 14.0. The van der Waals surface area contributed by atoms with E-state index in [2.05, 4.69) is 10.3 Å². The average molecular weight is 655 g/mol. The number of fused-ring (bicyclic) bond motifs is 3. The first kappa shape index (κ1) is 34.6. The molecule has 3 aromatic carbocycles. The SMILES string of the molecule is CC(C)CCN(C(=O)N[C@@H](CCc1ccccc1)C(=O)c1nc2c(ccc3ccccc32)o1)C(=O)C1CCN(C(=O)OC(C)(C)C)CC1. The fourth-order valence-electron chi connectivity index (χ4n) is 5.92. The van der Waals surface area contributed by atoms with Crippen molar-refractivity contribution in [2.45, 2.75) is 78.4 Å². The second kappa shape index (κ2) is 15.0. The van der Waals surface area contributed by atoms with Gasteiger partial charge >= 0.3 is 12.1 Å². The van der Waals surface area contributed by atoms with Crippen molar-refractivity contribution in [2.75, 3.05) is 19.6 Å². The van der Waals surface area contributed by atoms with Gasteiger partial charge in [0.25, 0.3) is 5.89 Å². The molecular weight excluding hydrogens is 608 g/mol. The Balaban J connectivity index is 1.36. The van der Waals surface area contributed by atoms with Gasteiger partial charge in [0.2, 0.25) is 11.7 Å². The summed E-state index contributed by atoms with van der Waals surface area (Å²) in [6.45, 7) is 10.4. The highest BCUT2D eigenvalue weighted by atomic mass is 16.6. The van der Waals surface area contributed by atoms with Crippen molar-refractivity contribution in [3.8, 4) is 0 Å². The molecule has 10 nitrogen and oxygen atoms in total. The summed E-state index contributed by atoms with van der Waals surface area (Å²) in [4.78, 5) is 62.0. The molecule has 1 aromatic heterocycles. The third kappa shape index (κ3) is 8.59. The van der Waals surface area contributed by atoms with Gasteiger partial charge in [-0.1, -0.05) is 74.5 Å². The van der Waals surface area contributed by atoms with Crippen LogP contribution in [0.15, 0.2) is 71.1 Å². The lowest BCUT2D eigenvalue weighted by atomic mass is 9.95. The zero-order valence-corrected chi connectivity index (χ0v) is 28.5. The molecule has 0 unspecified atom stereocenters. The van der Waals surface area contributed by atoms with Gasteiger partial charge in [-0.15, -0.1) is 0 Å².